The van der Waals surface area contributed by atoms with Crippen LogP contribution in [0.3, 0.4) is 0 Å². The van der Waals surface area contributed by atoms with Gasteiger partial charge in [0.25, 0.3) is 0 Å². The monoisotopic (exact) mass is 570 g/mol. The molecule has 3 heterocycles. The summed E-state index contributed by atoms with van der Waals surface area (Å²) in [6, 6.07) is 0. The van der Waals surface area contributed by atoms with Gasteiger partial charge in [-0.25, -0.2) is 4.79 Å². The molecule has 2 aliphatic carbocycles. The number of thioether (sulfide) groups is 1. The number of carbonyl (C=O) groups is 2. The summed E-state index contributed by atoms with van der Waals surface area (Å²) in [5.74, 6) is 1.20. The summed E-state index contributed by atoms with van der Waals surface area (Å²) in [5, 5.41) is 15.5. The van der Waals surface area contributed by atoms with Crippen molar-refractivity contribution in [3.8, 4) is 11.4 Å². The van der Waals surface area contributed by atoms with Gasteiger partial charge in [-0.3, -0.25) is 9.36 Å². The maximum absolute atomic E-state index is 13.1. The van der Waals surface area contributed by atoms with Gasteiger partial charge in [0.05, 0.1) is 17.9 Å². The van der Waals surface area contributed by atoms with E-state index in [1.54, 1.807) is 6.92 Å². The van der Waals surface area contributed by atoms with Crippen LogP contribution in [0, 0.1) is 5.92 Å². The van der Waals surface area contributed by atoms with E-state index in [4.69, 9.17) is 4.74 Å². The van der Waals surface area contributed by atoms with Gasteiger partial charge in [-0.15, -0.1) is 39.4 Å². The van der Waals surface area contributed by atoms with E-state index < -0.39 is 0 Å². The van der Waals surface area contributed by atoms with Gasteiger partial charge in [-0.05, 0) is 68.9 Å². The van der Waals surface area contributed by atoms with Gasteiger partial charge in [0, 0.05) is 27.2 Å². The number of allylic oxidation sites excluding steroid dienone is 1. The number of hydrogen-bond donors (Lipinski definition) is 1. The van der Waals surface area contributed by atoms with Crippen LogP contribution in [0.4, 0.5) is 5.00 Å². The summed E-state index contributed by atoms with van der Waals surface area (Å²) in [6.07, 6.45) is 10.3. The summed E-state index contributed by atoms with van der Waals surface area (Å²) in [4.78, 5) is 28.5. The first-order valence-corrected chi connectivity index (χ1v) is 16.1. The Balaban J connectivity index is 1.33. The number of aryl methyl sites for hydroxylation is 1. The van der Waals surface area contributed by atoms with Crippen molar-refractivity contribution < 1.29 is 14.3 Å². The van der Waals surface area contributed by atoms with E-state index in [2.05, 4.69) is 34.4 Å². The first kappa shape index (κ1) is 27.1. The number of anilines is 1. The third-order valence-electron chi connectivity index (χ3n) is 7.16. The molecule has 3 aromatic heterocycles. The van der Waals surface area contributed by atoms with Crippen molar-refractivity contribution in [1.82, 2.24) is 14.8 Å². The maximum Gasteiger partial charge on any atom is 0.341 e. The van der Waals surface area contributed by atoms with E-state index in [0.717, 1.165) is 61.9 Å². The molecule has 0 aliphatic heterocycles. The van der Waals surface area contributed by atoms with Crippen molar-refractivity contribution in [2.24, 2.45) is 5.92 Å². The number of amides is 1. The zero-order chi connectivity index (χ0) is 26.6. The summed E-state index contributed by atoms with van der Waals surface area (Å²) in [7, 11) is 0. The minimum Gasteiger partial charge on any atom is -0.462 e. The van der Waals surface area contributed by atoms with Gasteiger partial charge in [-0.1, -0.05) is 31.2 Å². The van der Waals surface area contributed by atoms with E-state index >= 15 is 0 Å². The van der Waals surface area contributed by atoms with E-state index in [0.29, 0.717) is 34.8 Å². The van der Waals surface area contributed by atoms with Gasteiger partial charge < -0.3 is 10.1 Å². The molecular weight excluding hydrogens is 537 g/mol. The second-order valence-corrected chi connectivity index (χ2v) is 12.9. The summed E-state index contributed by atoms with van der Waals surface area (Å²) in [6.45, 7) is 8.91. The molecule has 0 fully saturated rings. The number of nitrogens with one attached hydrogen (secondary N) is 1. The molecule has 5 rings (SSSR count). The number of ether oxygens (including phenoxy) is 1. The lowest BCUT2D eigenvalue weighted by Gasteiger charge is -2.19. The van der Waals surface area contributed by atoms with E-state index in [1.807, 2.05) is 22.0 Å². The lowest BCUT2D eigenvalue weighted by atomic mass is 9.88. The molecule has 0 spiro atoms. The smallest absolute Gasteiger partial charge is 0.341 e. The highest BCUT2D eigenvalue weighted by molar-refractivity contribution is 7.99. The highest BCUT2D eigenvalue weighted by Crippen LogP contribution is 2.40. The molecule has 1 amide bonds. The Hall–Kier alpha value is -2.43. The predicted molar refractivity (Wildman–Crippen MR) is 156 cm³/mol. The van der Waals surface area contributed by atoms with Crippen molar-refractivity contribution in [3.05, 3.63) is 44.5 Å². The van der Waals surface area contributed by atoms with Crippen LogP contribution in [0.15, 0.2) is 23.2 Å². The van der Waals surface area contributed by atoms with Crippen LogP contribution in [0.1, 0.15) is 70.8 Å². The molecule has 10 heteroatoms. The molecule has 0 saturated carbocycles. The van der Waals surface area contributed by atoms with Crippen LogP contribution >= 0.6 is 34.4 Å². The van der Waals surface area contributed by atoms with Gasteiger partial charge in [0.15, 0.2) is 11.0 Å². The molecule has 3 aromatic rings. The average Bonchev–Trinajstić information content (AvgIpc) is 3.53. The Morgan fingerprint density at radius 1 is 1.21 bits per heavy atom. The Bertz CT molecular complexity index is 1340. The fourth-order valence-corrected chi connectivity index (χ4v) is 8.58. The Kier molecular flexibility index (Phi) is 8.70. The molecule has 202 valence electrons. The minimum atomic E-state index is -0.348. The number of fused-ring (bicyclic) bond motifs is 2. The second-order valence-electron chi connectivity index (χ2n) is 9.93. The van der Waals surface area contributed by atoms with E-state index in [-0.39, 0.29) is 17.6 Å². The van der Waals surface area contributed by atoms with Crippen molar-refractivity contribution >= 4 is 51.3 Å². The van der Waals surface area contributed by atoms with E-state index in [1.165, 1.54) is 44.8 Å². The number of aromatic nitrogens is 3. The molecule has 7 nitrogen and oxygen atoms in total. The average molecular weight is 571 g/mol. The summed E-state index contributed by atoms with van der Waals surface area (Å²) < 4.78 is 7.40. The number of esters is 1. The molecule has 1 atom stereocenters. The summed E-state index contributed by atoms with van der Waals surface area (Å²) in [5.41, 5.74) is 4.14. The fraction of sp³-hybridized carbons (Fsp3) is 0.500. The molecular formula is C28H34N4O3S3. The quantitative estimate of drug-likeness (QED) is 0.136. The Morgan fingerprint density at radius 3 is 2.87 bits per heavy atom. The summed E-state index contributed by atoms with van der Waals surface area (Å²) >= 11 is 4.68. The topological polar surface area (TPSA) is 86.1 Å². The first-order valence-electron chi connectivity index (χ1n) is 13.4. The first-order chi connectivity index (χ1) is 18.5. The minimum absolute atomic E-state index is 0.166. The lowest BCUT2D eigenvalue weighted by Crippen LogP contribution is -2.17. The van der Waals surface area contributed by atoms with Crippen LogP contribution in [-0.2, 0) is 41.8 Å². The van der Waals surface area contributed by atoms with Gasteiger partial charge in [0.1, 0.15) is 5.00 Å². The second kappa shape index (κ2) is 12.2. The molecule has 0 aromatic carbocycles. The fourth-order valence-electron chi connectivity index (χ4n) is 5.30. The highest BCUT2D eigenvalue weighted by Gasteiger charge is 2.27. The number of hydrogen-bond acceptors (Lipinski definition) is 8. The van der Waals surface area contributed by atoms with Crippen molar-refractivity contribution in [3.63, 3.8) is 0 Å². The van der Waals surface area contributed by atoms with Gasteiger partial charge >= 0.3 is 5.97 Å². The van der Waals surface area contributed by atoms with Gasteiger partial charge in [0.2, 0.25) is 5.91 Å². The zero-order valence-corrected chi connectivity index (χ0v) is 24.5. The number of thiophene rings is 2. The Morgan fingerprint density at radius 2 is 2.05 bits per heavy atom. The SMILES string of the molecule is C=CCn1c(SCC(=O)Nc2sc3c(c2C(=O)OCC)CCCCC3)nnc1-c1csc2c1CCC(C)C2. The third-order valence-corrected chi connectivity index (χ3v) is 10.4. The number of nitrogens with zero attached hydrogens (tertiary/aromatic N) is 3. The third kappa shape index (κ3) is 5.62. The van der Waals surface area contributed by atoms with Crippen LogP contribution in [0.5, 0.6) is 0 Å². The standard InChI is InChI=1S/C28H34N4O3S3/c1-4-13-32-25(20-15-36-22-14-17(3)11-12-18(20)22)30-31-28(32)37-16-23(33)29-26-24(27(34)35-5-2)19-9-7-6-8-10-21(19)38-26/h4,15,17H,1,5-14,16H2,2-3H3,(H,29,33). The number of rotatable bonds is 9. The van der Waals surface area contributed by atoms with Crippen LogP contribution in [0.2, 0.25) is 0 Å². The van der Waals surface area contributed by atoms with E-state index in [9.17, 15) is 9.59 Å². The molecule has 0 bridgehead atoms. The number of carbonyl (C=O) groups excluding carboxylic acids is 2. The van der Waals surface area contributed by atoms with Crippen LogP contribution < -0.4 is 5.32 Å². The lowest BCUT2D eigenvalue weighted by molar-refractivity contribution is -0.113. The maximum atomic E-state index is 13.1. The van der Waals surface area contributed by atoms with Crippen molar-refractivity contribution in [2.45, 2.75) is 76.9 Å². The molecule has 1 N–H and O–H groups in total. The normalized spacial score (nSPS) is 16.8. The Labute approximate surface area is 236 Å². The molecule has 1 unspecified atom stereocenters. The van der Waals surface area contributed by atoms with Crippen LogP contribution in [0.25, 0.3) is 11.4 Å². The van der Waals surface area contributed by atoms with Crippen molar-refractivity contribution in [2.75, 3.05) is 17.7 Å². The molecule has 0 radical (unpaired) electrons. The predicted octanol–water partition coefficient (Wildman–Crippen LogP) is 6.56. The highest BCUT2D eigenvalue weighted by atomic mass is 32.2. The largest absolute Gasteiger partial charge is 0.462 e. The molecule has 38 heavy (non-hydrogen) atoms. The van der Waals surface area contributed by atoms with Crippen molar-refractivity contribution in [1.29, 1.82) is 0 Å². The van der Waals surface area contributed by atoms with Gasteiger partial charge in [-0.2, -0.15) is 0 Å². The molecule has 0 saturated heterocycles. The molecule has 2 aliphatic rings. The zero-order valence-electron chi connectivity index (χ0n) is 22.0. The van der Waals surface area contributed by atoms with Crippen LogP contribution in [-0.4, -0.2) is 39.0 Å².